The van der Waals surface area contributed by atoms with Crippen LogP contribution >= 0.6 is 0 Å². The molecule has 1 unspecified atom stereocenters. The summed E-state index contributed by atoms with van der Waals surface area (Å²) in [5.41, 5.74) is 1.34. The van der Waals surface area contributed by atoms with Crippen molar-refractivity contribution in [1.29, 1.82) is 0 Å². The number of aromatic nitrogens is 2. The lowest BCUT2D eigenvalue weighted by molar-refractivity contribution is -0.120. The van der Waals surface area contributed by atoms with Crippen molar-refractivity contribution in [3.8, 4) is 0 Å². The first-order chi connectivity index (χ1) is 8.06. The van der Waals surface area contributed by atoms with Crippen LogP contribution in [0.5, 0.6) is 0 Å². The summed E-state index contributed by atoms with van der Waals surface area (Å²) in [6.45, 7) is 4.03. The van der Waals surface area contributed by atoms with E-state index < -0.39 is 5.54 Å². The molecule has 3 rings (SSSR count). The highest BCUT2D eigenvalue weighted by molar-refractivity contribution is 6.06. The Morgan fingerprint density at radius 3 is 2.82 bits per heavy atom. The third-order valence-electron chi connectivity index (χ3n) is 3.94. The minimum Gasteiger partial charge on any atom is -0.354 e. The smallest absolute Gasteiger partial charge is 0.250 e. The van der Waals surface area contributed by atoms with Crippen LogP contribution in [0.2, 0.25) is 0 Å². The molecule has 92 valence electrons. The highest BCUT2D eigenvalue weighted by Gasteiger charge is 2.50. The number of carbonyl (C=O) groups is 1. The number of nitrogens with zero attached hydrogens (tertiary/aromatic N) is 2. The second-order valence-electron chi connectivity index (χ2n) is 5.20. The van der Waals surface area contributed by atoms with E-state index in [0.29, 0.717) is 5.92 Å². The van der Waals surface area contributed by atoms with Gasteiger partial charge in [0.2, 0.25) is 5.91 Å². The van der Waals surface area contributed by atoms with Crippen LogP contribution < -0.4 is 10.6 Å². The Labute approximate surface area is 101 Å². The Bertz CT molecular complexity index is 489. The fraction of sp³-hybridized carbons (Fsp3) is 0.667. The van der Waals surface area contributed by atoms with Crippen molar-refractivity contribution < 1.29 is 4.79 Å². The van der Waals surface area contributed by atoms with Crippen LogP contribution in [0.25, 0.3) is 0 Å². The van der Waals surface area contributed by atoms with E-state index >= 15 is 0 Å². The Hall–Kier alpha value is -1.52. The van der Waals surface area contributed by atoms with Gasteiger partial charge in [-0.1, -0.05) is 6.92 Å². The molecule has 1 amide bonds. The molecule has 1 saturated carbocycles. The standard InChI is InChI=1S/C12H18N4O/c1-4-8-9-10(16(3)15-8)14-12(2,7-5-6-7)11(17)13-9/h7,14H,4-6H2,1-3H3,(H,13,17). The molecule has 1 aromatic heterocycles. The first-order valence-electron chi connectivity index (χ1n) is 6.21. The summed E-state index contributed by atoms with van der Waals surface area (Å²) in [6.07, 6.45) is 3.08. The fourth-order valence-electron chi connectivity index (χ4n) is 2.60. The Morgan fingerprint density at radius 2 is 2.24 bits per heavy atom. The molecule has 0 aromatic carbocycles. The van der Waals surface area contributed by atoms with Crippen molar-refractivity contribution in [3.63, 3.8) is 0 Å². The zero-order chi connectivity index (χ0) is 12.2. The van der Waals surface area contributed by atoms with E-state index in [1.807, 2.05) is 25.6 Å². The molecule has 5 heteroatoms. The minimum absolute atomic E-state index is 0.0789. The zero-order valence-electron chi connectivity index (χ0n) is 10.5. The summed E-state index contributed by atoms with van der Waals surface area (Å²) in [5.74, 6) is 1.47. The summed E-state index contributed by atoms with van der Waals surface area (Å²) in [6, 6.07) is 0. The van der Waals surface area contributed by atoms with Crippen LogP contribution in [0.3, 0.4) is 0 Å². The Morgan fingerprint density at radius 1 is 1.53 bits per heavy atom. The number of carbonyl (C=O) groups excluding carboxylic acids is 1. The molecule has 0 radical (unpaired) electrons. The number of nitrogens with one attached hydrogen (secondary N) is 2. The van der Waals surface area contributed by atoms with Crippen molar-refractivity contribution in [1.82, 2.24) is 9.78 Å². The molecule has 0 spiro atoms. The predicted octanol–water partition coefficient (Wildman–Crippen LogP) is 1.52. The Balaban J connectivity index is 2.04. The number of hydrogen-bond donors (Lipinski definition) is 2. The van der Waals surface area contributed by atoms with Crippen LogP contribution in [0, 0.1) is 5.92 Å². The van der Waals surface area contributed by atoms with Crippen LogP contribution in [0.15, 0.2) is 0 Å². The number of rotatable bonds is 2. The summed E-state index contributed by atoms with van der Waals surface area (Å²) in [7, 11) is 1.91. The number of hydrogen-bond acceptors (Lipinski definition) is 3. The van der Waals surface area contributed by atoms with Gasteiger partial charge < -0.3 is 10.6 Å². The highest BCUT2D eigenvalue weighted by Crippen LogP contribution is 2.45. The maximum atomic E-state index is 12.2. The number of fused-ring (bicyclic) bond motifs is 1. The molecule has 1 atom stereocenters. The molecule has 17 heavy (non-hydrogen) atoms. The SMILES string of the molecule is CCc1nn(C)c2c1NC(=O)C(C)(C1CC1)N2. The molecule has 1 aromatic rings. The maximum Gasteiger partial charge on any atom is 0.250 e. The predicted molar refractivity (Wildman–Crippen MR) is 66.0 cm³/mol. The van der Waals surface area contributed by atoms with Crippen molar-refractivity contribution in [2.24, 2.45) is 13.0 Å². The molecule has 0 saturated heterocycles. The minimum atomic E-state index is -0.466. The van der Waals surface area contributed by atoms with Crippen LogP contribution in [-0.4, -0.2) is 21.2 Å². The van der Waals surface area contributed by atoms with E-state index in [2.05, 4.69) is 15.7 Å². The van der Waals surface area contributed by atoms with Gasteiger partial charge in [-0.2, -0.15) is 5.10 Å². The number of amides is 1. The largest absolute Gasteiger partial charge is 0.354 e. The Kier molecular flexibility index (Phi) is 2.03. The molecule has 1 aliphatic heterocycles. The fourth-order valence-corrected chi connectivity index (χ4v) is 2.60. The van der Waals surface area contributed by atoms with Gasteiger partial charge in [0.05, 0.1) is 5.69 Å². The molecule has 5 nitrogen and oxygen atoms in total. The van der Waals surface area contributed by atoms with Gasteiger partial charge in [0.1, 0.15) is 17.0 Å². The van der Waals surface area contributed by atoms with E-state index in [1.54, 1.807) is 0 Å². The van der Waals surface area contributed by atoms with Crippen LogP contribution in [0.1, 0.15) is 32.4 Å². The molecule has 0 bridgehead atoms. The second kappa shape index (κ2) is 3.24. The van der Waals surface area contributed by atoms with Gasteiger partial charge in [0.15, 0.2) is 0 Å². The lowest BCUT2D eigenvalue weighted by Gasteiger charge is -2.35. The summed E-state index contributed by atoms with van der Waals surface area (Å²) < 4.78 is 1.83. The lowest BCUT2D eigenvalue weighted by Crippen LogP contribution is -2.52. The zero-order valence-corrected chi connectivity index (χ0v) is 10.5. The van der Waals surface area contributed by atoms with Gasteiger partial charge in [0.25, 0.3) is 0 Å². The van der Waals surface area contributed by atoms with Crippen molar-refractivity contribution >= 4 is 17.4 Å². The molecule has 1 fully saturated rings. The average Bonchev–Trinajstić information content (AvgIpc) is 3.09. The van der Waals surface area contributed by atoms with Gasteiger partial charge in [-0.05, 0) is 32.1 Å². The van der Waals surface area contributed by atoms with Gasteiger partial charge in [0, 0.05) is 7.05 Å². The third-order valence-corrected chi connectivity index (χ3v) is 3.94. The van der Waals surface area contributed by atoms with Gasteiger partial charge in [-0.3, -0.25) is 9.48 Å². The van der Waals surface area contributed by atoms with Crippen molar-refractivity contribution in [2.45, 2.75) is 38.6 Å². The number of anilines is 2. The third kappa shape index (κ3) is 1.38. The molecule has 2 aliphatic rings. The molecular formula is C12H18N4O. The summed E-state index contributed by atoms with van der Waals surface area (Å²) >= 11 is 0. The normalized spacial score (nSPS) is 27.4. The van der Waals surface area contributed by atoms with Crippen molar-refractivity contribution in [2.75, 3.05) is 10.6 Å². The highest BCUT2D eigenvalue weighted by atomic mass is 16.2. The van der Waals surface area contributed by atoms with E-state index in [9.17, 15) is 4.79 Å². The van der Waals surface area contributed by atoms with Crippen LogP contribution in [-0.2, 0) is 18.3 Å². The summed E-state index contributed by atoms with van der Waals surface area (Å²) in [5, 5.41) is 10.9. The van der Waals surface area contributed by atoms with E-state index in [0.717, 1.165) is 36.5 Å². The number of aryl methyl sites for hydroxylation is 2. The first kappa shape index (κ1) is 10.6. The lowest BCUT2D eigenvalue weighted by atomic mass is 9.92. The molecular weight excluding hydrogens is 216 g/mol. The maximum absolute atomic E-state index is 12.2. The van der Waals surface area contributed by atoms with E-state index in [-0.39, 0.29) is 5.91 Å². The van der Waals surface area contributed by atoms with Gasteiger partial charge in [-0.25, -0.2) is 0 Å². The monoisotopic (exact) mass is 234 g/mol. The van der Waals surface area contributed by atoms with E-state index in [4.69, 9.17) is 0 Å². The molecule has 2 N–H and O–H groups in total. The quantitative estimate of drug-likeness (QED) is 0.815. The van der Waals surface area contributed by atoms with Gasteiger partial charge in [-0.15, -0.1) is 0 Å². The molecule has 2 heterocycles. The first-order valence-corrected chi connectivity index (χ1v) is 6.21. The topological polar surface area (TPSA) is 59.0 Å². The average molecular weight is 234 g/mol. The molecule has 1 aliphatic carbocycles. The van der Waals surface area contributed by atoms with Gasteiger partial charge >= 0.3 is 0 Å². The van der Waals surface area contributed by atoms with Crippen molar-refractivity contribution in [3.05, 3.63) is 5.69 Å². The van der Waals surface area contributed by atoms with Crippen LogP contribution in [0.4, 0.5) is 11.5 Å². The van der Waals surface area contributed by atoms with E-state index in [1.165, 1.54) is 0 Å². The summed E-state index contributed by atoms with van der Waals surface area (Å²) in [4.78, 5) is 12.2. The second-order valence-corrected chi connectivity index (χ2v) is 5.20.